The maximum absolute atomic E-state index is 14.3. The molecule has 4 rings (SSSR count). The third kappa shape index (κ3) is 3.19. The van der Waals surface area contributed by atoms with Crippen LogP contribution in [-0.4, -0.2) is 44.8 Å². The number of benzene rings is 2. The molecule has 1 fully saturated rings. The molecular formula is C19H17F2N5O2. The van der Waals surface area contributed by atoms with Crippen molar-refractivity contribution in [3.63, 3.8) is 0 Å². The summed E-state index contributed by atoms with van der Waals surface area (Å²) in [6, 6.07) is 7.67. The standard InChI is InChI=1S/C19H17F2N5O2/c20-12-4-6-17-16(9-12)23-24-26(17)13-2-1-7-25(10-13)19(28)14-5-3-11(18(22)27)8-15(14)21/h3-6,8-9,13H,1-2,7,10H2,(H2,22,27)/t13-/m1/s1. The van der Waals surface area contributed by atoms with Crippen molar-refractivity contribution in [2.45, 2.75) is 18.9 Å². The molecule has 1 aromatic heterocycles. The summed E-state index contributed by atoms with van der Waals surface area (Å²) < 4.78 is 29.4. The Morgan fingerprint density at radius 3 is 2.71 bits per heavy atom. The lowest BCUT2D eigenvalue weighted by molar-refractivity contribution is 0.0669. The van der Waals surface area contributed by atoms with Crippen LogP contribution in [0.25, 0.3) is 11.0 Å². The molecule has 2 N–H and O–H groups in total. The molecule has 3 aromatic rings. The Hall–Kier alpha value is -3.36. The minimum atomic E-state index is -0.787. The Balaban J connectivity index is 1.58. The van der Waals surface area contributed by atoms with Crippen LogP contribution in [0.1, 0.15) is 39.6 Å². The SMILES string of the molecule is NC(=O)c1ccc(C(=O)N2CCC[C@@H](n3nnc4cc(F)ccc43)C2)c(F)c1. The summed E-state index contributed by atoms with van der Waals surface area (Å²) >= 11 is 0. The van der Waals surface area contributed by atoms with Crippen LogP contribution in [0.2, 0.25) is 0 Å². The summed E-state index contributed by atoms with van der Waals surface area (Å²) in [7, 11) is 0. The smallest absolute Gasteiger partial charge is 0.256 e. The van der Waals surface area contributed by atoms with Crippen LogP contribution < -0.4 is 5.73 Å². The van der Waals surface area contributed by atoms with Crippen LogP contribution in [0.3, 0.4) is 0 Å². The Kier molecular flexibility index (Phi) is 4.50. The number of primary amides is 1. The highest BCUT2D eigenvalue weighted by molar-refractivity contribution is 5.97. The number of halogens is 2. The second kappa shape index (κ2) is 6.99. The second-order valence-corrected chi connectivity index (χ2v) is 6.77. The topological polar surface area (TPSA) is 94.1 Å². The zero-order valence-corrected chi connectivity index (χ0v) is 14.8. The van der Waals surface area contributed by atoms with Crippen LogP contribution >= 0.6 is 0 Å². The highest BCUT2D eigenvalue weighted by Crippen LogP contribution is 2.26. The molecule has 1 aliphatic heterocycles. The van der Waals surface area contributed by atoms with E-state index >= 15 is 0 Å². The number of carbonyl (C=O) groups excluding carboxylic acids is 2. The van der Waals surface area contributed by atoms with Gasteiger partial charge in [-0.05, 0) is 43.2 Å². The number of likely N-dealkylation sites (tertiary alicyclic amines) is 1. The van der Waals surface area contributed by atoms with E-state index in [-0.39, 0.29) is 17.2 Å². The number of hydrogen-bond donors (Lipinski definition) is 1. The average molecular weight is 385 g/mol. The molecule has 0 unspecified atom stereocenters. The lowest BCUT2D eigenvalue weighted by atomic mass is 10.0. The number of aromatic nitrogens is 3. The third-order valence-corrected chi connectivity index (χ3v) is 4.95. The van der Waals surface area contributed by atoms with Gasteiger partial charge in [0.2, 0.25) is 5.91 Å². The van der Waals surface area contributed by atoms with Crippen molar-refractivity contribution in [1.82, 2.24) is 19.9 Å². The Morgan fingerprint density at radius 1 is 1.14 bits per heavy atom. The highest BCUT2D eigenvalue weighted by Gasteiger charge is 2.28. The van der Waals surface area contributed by atoms with Crippen LogP contribution in [0.5, 0.6) is 0 Å². The molecular weight excluding hydrogens is 368 g/mol. The van der Waals surface area contributed by atoms with E-state index in [1.807, 2.05) is 0 Å². The fourth-order valence-electron chi connectivity index (χ4n) is 3.54. The largest absolute Gasteiger partial charge is 0.366 e. The van der Waals surface area contributed by atoms with Crippen LogP contribution in [0.4, 0.5) is 8.78 Å². The van der Waals surface area contributed by atoms with Crippen molar-refractivity contribution in [3.05, 3.63) is 59.2 Å². The number of nitrogens with two attached hydrogens (primary N) is 1. The molecule has 2 amide bonds. The number of fused-ring (bicyclic) bond motifs is 1. The number of hydrogen-bond acceptors (Lipinski definition) is 4. The zero-order valence-electron chi connectivity index (χ0n) is 14.8. The molecule has 2 heterocycles. The van der Waals surface area contributed by atoms with Crippen molar-refractivity contribution in [2.24, 2.45) is 5.73 Å². The Morgan fingerprint density at radius 2 is 1.96 bits per heavy atom. The molecule has 0 spiro atoms. The first-order chi connectivity index (χ1) is 13.4. The molecule has 144 valence electrons. The first-order valence-electron chi connectivity index (χ1n) is 8.83. The molecule has 0 bridgehead atoms. The quantitative estimate of drug-likeness (QED) is 0.748. The fourth-order valence-corrected chi connectivity index (χ4v) is 3.54. The maximum atomic E-state index is 14.3. The minimum Gasteiger partial charge on any atom is -0.366 e. The van der Waals surface area contributed by atoms with E-state index in [2.05, 4.69) is 10.3 Å². The van der Waals surface area contributed by atoms with Gasteiger partial charge in [0.05, 0.1) is 17.1 Å². The van der Waals surface area contributed by atoms with Crippen LogP contribution in [-0.2, 0) is 0 Å². The molecule has 0 radical (unpaired) electrons. The lowest BCUT2D eigenvalue weighted by Crippen LogP contribution is -2.41. The first kappa shape index (κ1) is 18.0. The highest BCUT2D eigenvalue weighted by atomic mass is 19.1. The van der Waals surface area contributed by atoms with Gasteiger partial charge in [0.25, 0.3) is 5.91 Å². The van der Waals surface area contributed by atoms with Gasteiger partial charge in [-0.2, -0.15) is 0 Å². The van der Waals surface area contributed by atoms with Gasteiger partial charge in [0, 0.05) is 24.7 Å². The number of nitrogens with zero attached hydrogens (tertiary/aromatic N) is 4. The summed E-state index contributed by atoms with van der Waals surface area (Å²) in [6.45, 7) is 0.805. The zero-order chi connectivity index (χ0) is 19.8. The number of carbonyl (C=O) groups is 2. The maximum Gasteiger partial charge on any atom is 0.256 e. The van der Waals surface area contributed by atoms with Crippen molar-refractivity contribution in [3.8, 4) is 0 Å². The molecule has 1 saturated heterocycles. The van der Waals surface area contributed by atoms with Crippen molar-refractivity contribution < 1.29 is 18.4 Å². The molecule has 28 heavy (non-hydrogen) atoms. The summed E-state index contributed by atoms with van der Waals surface area (Å²) in [5.41, 5.74) is 6.15. The monoisotopic (exact) mass is 385 g/mol. The Labute approximate surface area is 158 Å². The van der Waals surface area contributed by atoms with Crippen molar-refractivity contribution in [1.29, 1.82) is 0 Å². The normalized spacial score (nSPS) is 17.1. The average Bonchev–Trinajstić information content (AvgIpc) is 3.10. The van der Waals surface area contributed by atoms with E-state index in [0.717, 1.165) is 12.5 Å². The van der Waals surface area contributed by atoms with E-state index in [4.69, 9.17) is 5.73 Å². The summed E-state index contributed by atoms with van der Waals surface area (Å²) in [4.78, 5) is 25.5. The molecule has 2 aromatic carbocycles. The van der Waals surface area contributed by atoms with E-state index in [1.54, 1.807) is 15.6 Å². The van der Waals surface area contributed by atoms with Crippen LogP contribution in [0.15, 0.2) is 36.4 Å². The van der Waals surface area contributed by atoms with Gasteiger partial charge in [0.15, 0.2) is 0 Å². The fraction of sp³-hybridized carbons (Fsp3) is 0.263. The van der Waals surface area contributed by atoms with E-state index in [1.165, 1.54) is 24.3 Å². The van der Waals surface area contributed by atoms with E-state index in [9.17, 15) is 18.4 Å². The number of rotatable bonds is 3. The van der Waals surface area contributed by atoms with Crippen LogP contribution in [0, 0.1) is 11.6 Å². The Bertz CT molecular complexity index is 1080. The van der Waals surface area contributed by atoms with Gasteiger partial charge in [-0.1, -0.05) is 5.21 Å². The molecule has 1 atom stereocenters. The molecule has 7 nitrogen and oxygen atoms in total. The molecule has 0 aliphatic carbocycles. The summed E-state index contributed by atoms with van der Waals surface area (Å²) in [5.74, 6) is -2.40. The predicted molar refractivity (Wildman–Crippen MR) is 96.6 cm³/mol. The third-order valence-electron chi connectivity index (χ3n) is 4.95. The molecule has 0 saturated carbocycles. The van der Waals surface area contributed by atoms with Gasteiger partial charge in [-0.25, -0.2) is 13.5 Å². The van der Waals surface area contributed by atoms with Gasteiger partial charge < -0.3 is 10.6 Å². The number of piperidine rings is 1. The van der Waals surface area contributed by atoms with Gasteiger partial charge in [0.1, 0.15) is 17.2 Å². The second-order valence-electron chi connectivity index (χ2n) is 6.77. The lowest BCUT2D eigenvalue weighted by Gasteiger charge is -2.33. The van der Waals surface area contributed by atoms with Crippen molar-refractivity contribution >= 4 is 22.8 Å². The van der Waals surface area contributed by atoms with Crippen molar-refractivity contribution in [2.75, 3.05) is 13.1 Å². The minimum absolute atomic E-state index is 0.00638. The van der Waals surface area contributed by atoms with Gasteiger partial charge >= 0.3 is 0 Å². The predicted octanol–water partition coefficient (Wildman–Crippen LogP) is 2.29. The summed E-state index contributed by atoms with van der Waals surface area (Å²) in [5, 5.41) is 8.10. The first-order valence-corrected chi connectivity index (χ1v) is 8.83. The van der Waals surface area contributed by atoms with E-state index < -0.39 is 23.4 Å². The molecule has 1 aliphatic rings. The summed E-state index contributed by atoms with van der Waals surface area (Å²) in [6.07, 6.45) is 1.47. The number of amides is 2. The van der Waals surface area contributed by atoms with Gasteiger partial charge in [-0.3, -0.25) is 9.59 Å². The molecule has 9 heteroatoms. The van der Waals surface area contributed by atoms with Gasteiger partial charge in [-0.15, -0.1) is 5.10 Å². The van der Waals surface area contributed by atoms with E-state index in [0.29, 0.717) is 30.5 Å².